The van der Waals surface area contributed by atoms with Crippen LogP contribution in [0.15, 0.2) is 24.0 Å². The average molecular weight is 150 g/mol. The molecule has 0 aliphatic heterocycles. The molecule has 0 spiro atoms. The van der Waals surface area contributed by atoms with E-state index in [0.717, 1.165) is 6.21 Å². The van der Waals surface area contributed by atoms with Gasteiger partial charge < -0.3 is 16.5 Å². The minimum Gasteiger partial charge on any atom is -0.384 e. The first kappa shape index (κ1) is 9.24. The van der Waals surface area contributed by atoms with Gasteiger partial charge >= 0.3 is 0 Å². The van der Waals surface area contributed by atoms with Crippen molar-refractivity contribution in [2.24, 2.45) is 5.73 Å². The molecule has 0 aliphatic carbocycles. The molecule has 0 saturated carbocycles. The van der Waals surface area contributed by atoms with E-state index in [2.05, 4.69) is 11.9 Å². The summed E-state index contributed by atoms with van der Waals surface area (Å²) in [5.74, 6) is 0.211. The van der Waals surface area contributed by atoms with E-state index in [1.807, 2.05) is 0 Å². The summed E-state index contributed by atoms with van der Waals surface area (Å²) >= 11 is 0. The third-order valence-electron chi connectivity index (χ3n) is 0.992. The molecule has 0 heterocycles. The van der Waals surface area contributed by atoms with Gasteiger partial charge in [0.05, 0.1) is 0 Å². The maximum atomic E-state index is 8.39. The second kappa shape index (κ2) is 5.06. The lowest BCUT2D eigenvalue weighted by Crippen LogP contribution is -2.22. The summed E-state index contributed by atoms with van der Waals surface area (Å²) in [6, 6.07) is 1.78. The van der Waals surface area contributed by atoms with Gasteiger partial charge in [-0.1, -0.05) is 6.08 Å². The number of nitrogens with zero attached hydrogens (tertiary/aromatic N) is 1. The Balaban J connectivity index is 4.25. The third-order valence-corrected chi connectivity index (χ3v) is 0.992. The van der Waals surface area contributed by atoms with Gasteiger partial charge in [0, 0.05) is 12.8 Å². The predicted octanol–water partition coefficient (Wildman–Crippen LogP) is 0.105. The van der Waals surface area contributed by atoms with Gasteiger partial charge in [0.15, 0.2) is 0 Å². The maximum absolute atomic E-state index is 8.39. The molecule has 0 aromatic heterocycles. The number of nitriles is 1. The molecule has 4 nitrogen and oxygen atoms in total. The van der Waals surface area contributed by atoms with Gasteiger partial charge in [0.1, 0.15) is 17.5 Å². The molecule has 0 radical (unpaired) electrons. The van der Waals surface area contributed by atoms with Crippen LogP contribution in [-0.4, -0.2) is 12.8 Å². The molecular weight excluding hydrogens is 140 g/mol. The first-order valence-electron chi connectivity index (χ1n) is 3.01. The summed E-state index contributed by atoms with van der Waals surface area (Å²) in [6.07, 6.45) is 2.53. The van der Waals surface area contributed by atoms with Gasteiger partial charge in [0.2, 0.25) is 0 Å². The van der Waals surface area contributed by atoms with Gasteiger partial charge in [-0.15, -0.1) is 6.58 Å². The summed E-state index contributed by atoms with van der Waals surface area (Å²) in [4.78, 5) is 0. The number of allylic oxidation sites excluding steroid dienone is 1. The molecule has 4 N–H and O–H groups in total. The molecule has 0 aromatic carbocycles. The Labute approximate surface area is 65.5 Å². The van der Waals surface area contributed by atoms with E-state index >= 15 is 0 Å². The zero-order valence-electron chi connectivity index (χ0n) is 6.09. The zero-order valence-corrected chi connectivity index (χ0v) is 6.09. The van der Waals surface area contributed by atoms with Crippen LogP contribution in [0, 0.1) is 16.7 Å². The molecule has 0 saturated heterocycles. The monoisotopic (exact) mass is 150 g/mol. The number of nitrogens with two attached hydrogens (primary N) is 1. The Bertz CT molecular complexity index is 221. The topological polar surface area (TPSA) is 85.7 Å². The zero-order chi connectivity index (χ0) is 8.69. The van der Waals surface area contributed by atoms with Crippen molar-refractivity contribution in [3.05, 3.63) is 24.0 Å². The Hall–Kier alpha value is -1.76. The minimum absolute atomic E-state index is 0.131. The minimum atomic E-state index is 0.131. The highest BCUT2D eigenvalue weighted by Crippen LogP contribution is 1.88. The van der Waals surface area contributed by atoms with Crippen LogP contribution in [0.5, 0.6) is 0 Å². The molecule has 0 atom stereocenters. The summed E-state index contributed by atoms with van der Waals surface area (Å²) in [6.45, 7) is 3.95. The molecule has 0 fully saturated rings. The van der Waals surface area contributed by atoms with Crippen LogP contribution in [0.25, 0.3) is 0 Å². The van der Waals surface area contributed by atoms with Gasteiger partial charge in [-0.2, -0.15) is 5.26 Å². The molecule has 58 valence electrons. The largest absolute Gasteiger partial charge is 0.384 e. The SMILES string of the molecule is C=CCN/C(N)=C(/C#N)C=N. The van der Waals surface area contributed by atoms with Gasteiger partial charge in [-0.05, 0) is 0 Å². The second-order valence-corrected chi connectivity index (χ2v) is 1.75. The van der Waals surface area contributed by atoms with Crippen molar-refractivity contribution in [1.82, 2.24) is 5.32 Å². The predicted molar refractivity (Wildman–Crippen MR) is 43.8 cm³/mol. The lowest BCUT2D eigenvalue weighted by Gasteiger charge is -2.02. The van der Waals surface area contributed by atoms with Crippen molar-refractivity contribution >= 4 is 6.21 Å². The summed E-state index contributed by atoms with van der Waals surface area (Å²) in [7, 11) is 0. The molecule has 11 heavy (non-hydrogen) atoms. The molecule has 0 aliphatic rings. The third kappa shape index (κ3) is 3.06. The smallest absolute Gasteiger partial charge is 0.116 e. The molecule has 0 amide bonds. The van der Waals surface area contributed by atoms with Crippen LogP contribution in [0.4, 0.5) is 0 Å². The molecule has 0 bridgehead atoms. The van der Waals surface area contributed by atoms with Gasteiger partial charge in [-0.25, -0.2) is 0 Å². The molecule has 0 rings (SSSR count). The Morgan fingerprint density at radius 2 is 2.45 bits per heavy atom. The lowest BCUT2D eigenvalue weighted by atomic mass is 10.3. The maximum Gasteiger partial charge on any atom is 0.116 e. The number of hydrogen-bond acceptors (Lipinski definition) is 4. The van der Waals surface area contributed by atoms with Crippen molar-refractivity contribution in [3.63, 3.8) is 0 Å². The van der Waals surface area contributed by atoms with Crippen LogP contribution in [0.1, 0.15) is 0 Å². The summed E-state index contributed by atoms with van der Waals surface area (Å²) in [5, 5.41) is 17.9. The molecule has 0 unspecified atom stereocenters. The summed E-state index contributed by atoms with van der Waals surface area (Å²) in [5.41, 5.74) is 5.50. The van der Waals surface area contributed by atoms with Crippen LogP contribution >= 0.6 is 0 Å². The standard InChI is InChI=1S/C7H10N4/c1-2-3-11-7(10)6(4-8)5-9/h2,4,8,11H,1,3,10H2/b7-6+,8-4?. The Morgan fingerprint density at radius 1 is 1.82 bits per heavy atom. The van der Waals surface area contributed by atoms with Crippen molar-refractivity contribution in [2.75, 3.05) is 6.54 Å². The van der Waals surface area contributed by atoms with E-state index in [4.69, 9.17) is 16.4 Å². The fourth-order valence-corrected chi connectivity index (χ4v) is 0.448. The lowest BCUT2D eigenvalue weighted by molar-refractivity contribution is 0.884. The normalized spacial score (nSPS) is 10.8. The van der Waals surface area contributed by atoms with Crippen LogP contribution in [-0.2, 0) is 0 Å². The first-order chi connectivity index (χ1) is 5.26. The molecule has 0 aromatic rings. The second-order valence-electron chi connectivity index (χ2n) is 1.75. The van der Waals surface area contributed by atoms with Crippen molar-refractivity contribution in [3.8, 4) is 6.07 Å². The highest BCUT2D eigenvalue weighted by atomic mass is 15.0. The van der Waals surface area contributed by atoms with E-state index in [1.165, 1.54) is 0 Å². The Kier molecular flexibility index (Phi) is 4.25. The number of nitrogens with one attached hydrogen (secondary N) is 2. The van der Waals surface area contributed by atoms with Crippen LogP contribution in [0.2, 0.25) is 0 Å². The van der Waals surface area contributed by atoms with E-state index in [1.54, 1.807) is 12.1 Å². The summed E-state index contributed by atoms with van der Waals surface area (Å²) < 4.78 is 0. The van der Waals surface area contributed by atoms with Crippen LogP contribution < -0.4 is 11.1 Å². The van der Waals surface area contributed by atoms with Crippen molar-refractivity contribution < 1.29 is 0 Å². The van der Waals surface area contributed by atoms with E-state index in [0.29, 0.717) is 6.54 Å². The van der Waals surface area contributed by atoms with Crippen LogP contribution in [0.3, 0.4) is 0 Å². The van der Waals surface area contributed by atoms with E-state index < -0.39 is 0 Å². The first-order valence-corrected chi connectivity index (χ1v) is 3.01. The van der Waals surface area contributed by atoms with E-state index in [-0.39, 0.29) is 11.4 Å². The quantitative estimate of drug-likeness (QED) is 0.302. The van der Waals surface area contributed by atoms with Gasteiger partial charge in [0.25, 0.3) is 0 Å². The van der Waals surface area contributed by atoms with Crippen molar-refractivity contribution in [1.29, 1.82) is 10.7 Å². The molecular formula is C7H10N4. The van der Waals surface area contributed by atoms with Crippen molar-refractivity contribution in [2.45, 2.75) is 0 Å². The fraction of sp³-hybridized carbons (Fsp3) is 0.143. The number of hydrogen-bond donors (Lipinski definition) is 3. The highest BCUT2D eigenvalue weighted by Gasteiger charge is 1.95. The molecule has 4 heteroatoms. The van der Waals surface area contributed by atoms with E-state index in [9.17, 15) is 0 Å². The van der Waals surface area contributed by atoms with Gasteiger partial charge in [-0.3, -0.25) is 0 Å². The number of rotatable bonds is 4. The average Bonchev–Trinajstić information content (AvgIpc) is 2.03. The fourth-order valence-electron chi connectivity index (χ4n) is 0.448. The highest BCUT2D eigenvalue weighted by molar-refractivity contribution is 5.81. The Morgan fingerprint density at radius 3 is 2.82 bits per heavy atom.